The maximum Gasteiger partial charge on any atom is 0.141 e. The normalized spacial score (nSPS) is 14.7. The van der Waals surface area contributed by atoms with Crippen molar-refractivity contribution in [2.45, 2.75) is 32.1 Å². The van der Waals surface area contributed by atoms with Crippen LogP contribution in [0.2, 0.25) is 5.02 Å². The average Bonchev–Trinajstić information content (AvgIpc) is 2.77. The largest absolute Gasteiger partial charge is 0.385 e. The Hall–Kier alpha value is -2.37. The summed E-state index contributed by atoms with van der Waals surface area (Å²) in [5, 5.41) is 8.99. The fraction of sp³-hybridized carbons (Fsp3) is 0.375. The predicted molar refractivity (Wildman–Crippen MR) is 124 cm³/mol. The average molecular weight is 427 g/mol. The number of piperidine rings is 1. The van der Waals surface area contributed by atoms with Crippen LogP contribution < -0.4 is 10.6 Å². The number of pyridine rings is 1. The van der Waals surface area contributed by atoms with Crippen molar-refractivity contribution in [1.29, 1.82) is 0 Å². The van der Waals surface area contributed by atoms with E-state index in [1.807, 2.05) is 6.07 Å². The van der Waals surface area contributed by atoms with Gasteiger partial charge in [-0.05, 0) is 87.1 Å². The molecule has 158 valence electrons. The number of aromatic nitrogens is 1. The smallest absolute Gasteiger partial charge is 0.141 e. The van der Waals surface area contributed by atoms with Crippen LogP contribution in [0.5, 0.6) is 0 Å². The quantitative estimate of drug-likeness (QED) is 0.406. The SMILES string of the molecule is Fc1ccc(Nc2nccc3ccc(NCCCCN4CCCCC4)cc23)cc1Cl. The molecule has 0 radical (unpaired) electrons. The summed E-state index contributed by atoms with van der Waals surface area (Å²) in [6.45, 7) is 4.69. The number of halogens is 2. The lowest BCUT2D eigenvalue weighted by atomic mass is 10.1. The first-order valence-corrected chi connectivity index (χ1v) is 11.1. The van der Waals surface area contributed by atoms with Gasteiger partial charge in [-0.25, -0.2) is 9.37 Å². The molecule has 6 heteroatoms. The van der Waals surface area contributed by atoms with Gasteiger partial charge in [-0.3, -0.25) is 0 Å². The van der Waals surface area contributed by atoms with Crippen LogP contribution in [0, 0.1) is 5.82 Å². The fourth-order valence-electron chi connectivity index (χ4n) is 3.96. The van der Waals surface area contributed by atoms with Crippen LogP contribution in [-0.4, -0.2) is 36.1 Å². The molecule has 30 heavy (non-hydrogen) atoms. The van der Waals surface area contributed by atoms with Gasteiger partial charge in [0, 0.05) is 29.5 Å². The highest BCUT2D eigenvalue weighted by Gasteiger charge is 2.09. The zero-order valence-electron chi connectivity index (χ0n) is 17.1. The van der Waals surface area contributed by atoms with E-state index in [0.29, 0.717) is 5.69 Å². The van der Waals surface area contributed by atoms with Crippen LogP contribution in [0.15, 0.2) is 48.7 Å². The molecule has 2 heterocycles. The fourth-order valence-corrected chi connectivity index (χ4v) is 4.15. The third kappa shape index (κ3) is 5.41. The lowest BCUT2D eigenvalue weighted by Gasteiger charge is -2.26. The van der Waals surface area contributed by atoms with Gasteiger partial charge < -0.3 is 15.5 Å². The number of hydrogen-bond acceptors (Lipinski definition) is 4. The molecule has 2 aromatic carbocycles. The minimum atomic E-state index is -0.431. The number of benzene rings is 2. The number of likely N-dealkylation sites (tertiary alicyclic amines) is 1. The molecule has 0 saturated carbocycles. The molecule has 0 atom stereocenters. The van der Waals surface area contributed by atoms with E-state index in [4.69, 9.17) is 11.6 Å². The van der Waals surface area contributed by atoms with Crippen LogP contribution in [0.25, 0.3) is 10.8 Å². The number of fused-ring (bicyclic) bond motifs is 1. The maximum atomic E-state index is 13.4. The van der Waals surface area contributed by atoms with Crippen molar-refractivity contribution in [1.82, 2.24) is 9.88 Å². The van der Waals surface area contributed by atoms with Gasteiger partial charge in [0.05, 0.1) is 5.02 Å². The molecule has 1 fully saturated rings. The van der Waals surface area contributed by atoms with Gasteiger partial charge in [0.1, 0.15) is 11.6 Å². The van der Waals surface area contributed by atoms with Gasteiger partial charge >= 0.3 is 0 Å². The molecule has 0 spiro atoms. The number of anilines is 3. The van der Waals surface area contributed by atoms with E-state index in [1.165, 1.54) is 51.4 Å². The summed E-state index contributed by atoms with van der Waals surface area (Å²) in [4.78, 5) is 7.06. The second-order valence-corrected chi connectivity index (χ2v) is 8.29. The van der Waals surface area contributed by atoms with E-state index in [-0.39, 0.29) is 5.02 Å². The van der Waals surface area contributed by atoms with Crippen molar-refractivity contribution in [2.75, 3.05) is 36.8 Å². The molecule has 1 saturated heterocycles. The molecule has 3 aromatic rings. The van der Waals surface area contributed by atoms with Crippen LogP contribution in [0.1, 0.15) is 32.1 Å². The Labute approximate surface area is 182 Å². The molecule has 4 nitrogen and oxygen atoms in total. The van der Waals surface area contributed by atoms with E-state index >= 15 is 0 Å². The highest BCUT2D eigenvalue weighted by Crippen LogP contribution is 2.28. The number of rotatable bonds is 8. The topological polar surface area (TPSA) is 40.2 Å². The summed E-state index contributed by atoms with van der Waals surface area (Å²) in [6, 6.07) is 12.9. The zero-order valence-corrected chi connectivity index (χ0v) is 17.9. The lowest BCUT2D eigenvalue weighted by molar-refractivity contribution is 0.225. The van der Waals surface area contributed by atoms with E-state index in [9.17, 15) is 4.39 Å². The third-order valence-corrected chi connectivity index (χ3v) is 5.92. The molecule has 0 bridgehead atoms. The van der Waals surface area contributed by atoms with Crippen LogP contribution >= 0.6 is 11.6 Å². The highest BCUT2D eigenvalue weighted by molar-refractivity contribution is 6.31. The van der Waals surface area contributed by atoms with Crippen molar-refractivity contribution in [3.05, 3.63) is 59.5 Å². The monoisotopic (exact) mass is 426 g/mol. The van der Waals surface area contributed by atoms with Crippen molar-refractivity contribution in [3.63, 3.8) is 0 Å². The highest BCUT2D eigenvalue weighted by atomic mass is 35.5. The molecular formula is C24H28ClFN4. The Morgan fingerprint density at radius 3 is 2.63 bits per heavy atom. The van der Waals surface area contributed by atoms with Crippen molar-refractivity contribution in [3.8, 4) is 0 Å². The summed E-state index contributed by atoms with van der Waals surface area (Å²) >= 11 is 5.91. The molecule has 0 amide bonds. The summed E-state index contributed by atoms with van der Waals surface area (Å²) in [6.07, 6.45) is 8.23. The van der Waals surface area contributed by atoms with Crippen molar-refractivity contribution >= 4 is 39.6 Å². The van der Waals surface area contributed by atoms with Crippen LogP contribution in [0.3, 0.4) is 0 Å². The molecule has 4 rings (SSSR count). The molecule has 1 aliphatic heterocycles. The Bertz CT molecular complexity index is 988. The number of nitrogens with zero attached hydrogens (tertiary/aromatic N) is 2. The summed E-state index contributed by atoms with van der Waals surface area (Å²) < 4.78 is 13.4. The van der Waals surface area contributed by atoms with Gasteiger partial charge in [0.2, 0.25) is 0 Å². The number of nitrogens with one attached hydrogen (secondary N) is 2. The number of unbranched alkanes of at least 4 members (excludes halogenated alkanes) is 1. The van der Waals surface area contributed by atoms with Gasteiger partial charge in [-0.2, -0.15) is 0 Å². The lowest BCUT2D eigenvalue weighted by Crippen LogP contribution is -2.30. The maximum absolute atomic E-state index is 13.4. The van der Waals surface area contributed by atoms with E-state index in [1.54, 1.807) is 18.3 Å². The second-order valence-electron chi connectivity index (χ2n) is 7.89. The van der Waals surface area contributed by atoms with E-state index in [2.05, 4.69) is 38.7 Å². The van der Waals surface area contributed by atoms with Gasteiger partial charge in [-0.15, -0.1) is 0 Å². The van der Waals surface area contributed by atoms with E-state index < -0.39 is 5.82 Å². The number of hydrogen-bond donors (Lipinski definition) is 2. The third-order valence-electron chi connectivity index (χ3n) is 5.63. The van der Waals surface area contributed by atoms with Crippen LogP contribution in [-0.2, 0) is 0 Å². The van der Waals surface area contributed by atoms with Gasteiger partial charge in [-0.1, -0.05) is 24.1 Å². The minimum absolute atomic E-state index is 0.0899. The Morgan fingerprint density at radius 2 is 1.80 bits per heavy atom. The van der Waals surface area contributed by atoms with Crippen LogP contribution in [0.4, 0.5) is 21.6 Å². The molecular weight excluding hydrogens is 399 g/mol. The Kier molecular flexibility index (Phi) is 7.03. The summed E-state index contributed by atoms with van der Waals surface area (Å²) in [5.74, 6) is 0.295. The molecule has 1 aromatic heterocycles. The zero-order chi connectivity index (χ0) is 20.8. The predicted octanol–water partition coefficient (Wildman–Crippen LogP) is 6.45. The Morgan fingerprint density at radius 1 is 0.967 bits per heavy atom. The van der Waals surface area contributed by atoms with Gasteiger partial charge in [0.25, 0.3) is 0 Å². The molecule has 2 N–H and O–H groups in total. The molecule has 0 aliphatic carbocycles. The summed E-state index contributed by atoms with van der Waals surface area (Å²) in [7, 11) is 0. The second kappa shape index (κ2) is 10.1. The first-order chi connectivity index (χ1) is 14.7. The van der Waals surface area contributed by atoms with Crippen molar-refractivity contribution in [2.24, 2.45) is 0 Å². The minimum Gasteiger partial charge on any atom is -0.385 e. The molecule has 1 aliphatic rings. The Balaban J connectivity index is 1.37. The first-order valence-electron chi connectivity index (χ1n) is 10.8. The van der Waals surface area contributed by atoms with Gasteiger partial charge in [0.15, 0.2) is 0 Å². The molecule has 0 unspecified atom stereocenters. The van der Waals surface area contributed by atoms with Crippen molar-refractivity contribution < 1.29 is 4.39 Å². The standard InChI is InChI=1S/C24H28ClFN4/c25-22-17-20(8-9-23(22)26)29-24-21-16-19(7-6-18(21)10-12-28-24)27-11-2-5-15-30-13-3-1-4-14-30/h6-10,12,16-17,27H,1-5,11,13-15H2,(H,28,29). The first kappa shape index (κ1) is 20.9. The summed E-state index contributed by atoms with van der Waals surface area (Å²) in [5.41, 5.74) is 1.78. The van der Waals surface area contributed by atoms with E-state index in [0.717, 1.165) is 35.2 Å².